The Balaban J connectivity index is 4.34. The van der Waals surface area contributed by atoms with E-state index in [1.54, 1.807) is 0 Å². The minimum atomic E-state index is -4.85. The zero-order chi connectivity index (χ0) is 40.0. The van der Waals surface area contributed by atoms with Crippen LogP contribution in [0.1, 0.15) is 117 Å². The van der Waals surface area contributed by atoms with Gasteiger partial charge in [0.2, 0.25) is 0 Å². The largest absolute Gasteiger partial charge is 0.469 e. The average molecular weight is 775 g/mol. The molecule has 0 saturated heterocycles. The Morgan fingerprint density at radius 3 is 1.44 bits per heavy atom. The number of aliphatic hydroxyl groups excluding tert-OH is 2. The fourth-order valence-electron chi connectivity index (χ4n) is 4.55. The maximum atomic E-state index is 12.4. The molecule has 0 unspecified atom stereocenters. The Morgan fingerprint density at radius 2 is 0.981 bits per heavy atom. The summed E-state index contributed by atoms with van der Waals surface area (Å²) in [6.45, 7) is 3.13. The Bertz CT molecular complexity index is 1270. The number of ether oxygens (including phenoxy) is 2. The number of carbonyl (C=O) groups is 2. The number of unbranched alkanes of at least 4 members (excludes halogenated alkanes) is 1. The van der Waals surface area contributed by atoms with E-state index in [1.807, 2.05) is 30.4 Å². The number of phosphoric acid groups is 1. The summed E-state index contributed by atoms with van der Waals surface area (Å²) in [5, 5.41) is 20.5. The molecule has 304 valence electrons. The molecule has 0 aromatic heterocycles. The van der Waals surface area contributed by atoms with Crippen LogP contribution in [-0.2, 0) is 28.2 Å². The number of allylic oxidation sites excluding steroid dienone is 17. The standard InChI is InChI=1S/C43H67O10P/c1-3-5-7-9-11-13-15-17-18-19-20-21-23-25-27-29-31-35-43(47)53-39(38-52-54(48,49)50)37-51-42(46)36-32-34-41(45)40(44)33-30-28-26-24-22-16-14-12-10-8-6-4-2/h5-8,11-14,17-18,20-22,24-25,27-28,30,39-41,44-45H,3-4,9-10,15-16,19,23,26,29,31-38H2,1-2H3,(H2,48,49,50)/b7-5-,8-6-,13-11-,14-12-,18-17-,21-20-,24-22-,27-25-,30-28-/t39-,40+,41+/m1/s1. The zero-order valence-corrected chi connectivity index (χ0v) is 33.4. The highest BCUT2D eigenvalue weighted by molar-refractivity contribution is 7.46. The SMILES string of the molecule is CC/C=C\C/C=C\C/C=C\C/C=C\C/C=C\CCCC(=O)O[C@H](COC(=O)CCC[C@H](O)[C@@H](O)C/C=C\C/C=C\C/C=C\C/C=C\CC)COP(=O)(O)O. The van der Waals surface area contributed by atoms with E-state index in [2.05, 4.69) is 97.4 Å². The number of carbonyl (C=O) groups excluding carboxylic acids is 2. The highest BCUT2D eigenvalue weighted by Gasteiger charge is 2.23. The van der Waals surface area contributed by atoms with E-state index in [0.717, 1.165) is 57.8 Å². The van der Waals surface area contributed by atoms with Crippen molar-refractivity contribution >= 4 is 19.8 Å². The second-order valence-electron chi connectivity index (χ2n) is 12.4. The fraction of sp³-hybridized carbons (Fsp3) is 0.535. The van der Waals surface area contributed by atoms with Gasteiger partial charge in [0.15, 0.2) is 6.10 Å². The van der Waals surface area contributed by atoms with Crippen LogP contribution in [0.5, 0.6) is 0 Å². The zero-order valence-electron chi connectivity index (χ0n) is 32.5. The van der Waals surface area contributed by atoms with Crippen LogP contribution in [-0.4, -0.2) is 63.5 Å². The number of phosphoric ester groups is 1. The molecule has 4 N–H and O–H groups in total. The van der Waals surface area contributed by atoms with Crippen LogP contribution in [0.2, 0.25) is 0 Å². The van der Waals surface area contributed by atoms with Crippen LogP contribution in [0.15, 0.2) is 109 Å². The van der Waals surface area contributed by atoms with Gasteiger partial charge in [0.1, 0.15) is 6.61 Å². The molecule has 0 radical (unpaired) electrons. The first-order chi connectivity index (χ1) is 26.1. The molecule has 3 atom stereocenters. The predicted octanol–water partition coefficient (Wildman–Crippen LogP) is 9.56. The minimum absolute atomic E-state index is 0.0653. The van der Waals surface area contributed by atoms with Gasteiger partial charge in [-0.3, -0.25) is 14.1 Å². The molecule has 0 spiro atoms. The van der Waals surface area contributed by atoms with E-state index in [1.165, 1.54) is 0 Å². The first kappa shape index (κ1) is 50.6. The summed E-state index contributed by atoms with van der Waals surface area (Å²) in [5.74, 6) is -1.26. The molecule has 0 aromatic carbocycles. The van der Waals surface area contributed by atoms with E-state index in [-0.39, 0.29) is 32.1 Å². The number of hydrogen-bond acceptors (Lipinski definition) is 8. The Morgan fingerprint density at radius 1 is 0.556 bits per heavy atom. The third kappa shape index (κ3) is 37.0. The van der Waals surface area contributed by atoms with E-state index in [0.29, 0.717) is 12.8 Å². The molecule has 0 rings (SSSR count). The van der Waals surface area contributed by atoms with Crippen molar-refractivity contribution in [3.8, 4) is 0 Å². The summed E-state index contributed by atoms with van der Waals surface area (Å²) in [7, 11) is -4.85. The summed E-state index contributed by atoms with van der Waals surface area (Å²) in [6, 6.07) is 0. The normalized spacial score (nSPS) is 14.9. The second kappa shape index (κ2) is 36.6. The third-order valence-electron chi connectivity index (χ3n) is 7.49. The third-order valence-corrected chi connectivity index (χ3v) is 7.97. The van der Waals surface area contributed by atoms with Gasteiger partial charge in [0.25, 0.3) is 0 Å². The number of rotatable bonds is 33. The Labute approximate surface area is 324 Å². The van der Waals surface area contributed by atoms with Gasteiger partial charge >= 0.3 is 19.8 Å². The minimum Gasteiger partial charge on any atom is -0.462 e. The smallest absolute Gasteiger partial charge is 0.462 e. The summed E-state index contributed by atoms with van der Waals surface area (Å²) in [6.07, 6.45) is 44.2. The fourth-order valence-corrected chi connectivity index (χ4v) is 4.91. The number of esters is 2. The van der Waals surface area contributed by atoms with Gasteiger partial charge in [-0.05, 0) is 89.9 Å². The van der Waals surface area contributed by atoms with Gasteiger partial charge in [-0.15, -0.1) is 0 Å². The van der Waals surface area contributed by atoms with Gasteiger partial charge in [0, 0.05) is 12.8 Å². The van der Waals surface area contributed by atoms with Crippen molar-refractivity contribution in [3.63, 3.8) is 0 Å². The van der Waals surface area contributed by atoms with Crippen molar-refractivity contribution in [1.29, 1.82) is 0 Å². The Kier molecular flexibility index (Phi) is 34.3. The molecule has 0 aliphatic carbocycles. The topological polar surface area (TPSA) is 160 Å². The van der Waals surface area contributed by atoms with Crippen LogP contribution < -0.4 is 0 Å². The highest BCUT2D eigenvalue weighted by Crippen LogP contribution is 2.36. The lowest BCUT2D eigenvalue weighted by Crippen LogP contribution is -2.29. The summed E-state index contributed by atoms with van der Waals surface area (Å²) in [4.78, 5) is 42.8. The van der Waals surface area contributed by atoms with Crippen LogP contribution in [0.4, 0.5) is 0 Å². The van der Waals surface area contributed by atoms with Crippen LogP contribution in [0.3, 0.4) is 0 Å². The first-order valence-corrected chi connectivity index (χ1v) is 20.9. The van der Waals surface area contributed by atoms with Crippen LogP contribution in [0, 0.1) is 0 Å². The quantitative estimate of drug-likeness (QED) is 0.0219. The van der Waals surface area contributed by atoms with Gasteiger partial charge in [-0.1, -0.05) is 123 Å². The Hall–Kier alpha value is -3.37. The van der Waals surface area contributed by atoms with Crippen LogP contribution in [0.25, 0.3) is 0 Å². The van der Waals surface area contributed by atoms with Crippen LogP contribution >= 0.6 is 7.82 Å². The lowest BCUT2D eigenvalue weighted by molar-refractivity contribution is -0.161. The monoisotopic (exact) mass is 774 g/mol. The number of hydrogen-bond donors (Lipinski definition) is 4. The van der Waals surface area contributed by atoms with Gasteiger partial charge < -0.3 is 29.5 Å². The first-order valence-electron chi connectivity index (χ1n) is 19.3. The molecule has 0 aliphatic rings. The summed E-state index contributed by atoms with van der Waals surface area (Å²) in [5.41, 5.74) is 0. The second-order valence-corrected chi connectivity index (χ2v) is 13.7. The van der Waals surface area contributed by atoms with Gasteiger partial charge in [-0.2, -0.15) is 0 Å². The van der Waals surface area contributed by atoms with Crippen molar-refractivity contribution in [1.82, 2.24) is 0 Å². The molecule has 0 amide bonds. The lowest BCUT2D eigenvalue weighted by atomic mass is 10.0. The molecule has 0 aliphatic heterocycles. The summed E-state index contributed by atoms with van der Waals surface area (Å²) < 4.78 is 26.1. The average Bonchev–Trinajstić information content (AvgIpc) is 3.13. The van der Waals surface area contributed by atoms with Crippen molar-refractivity contribution in [2.24, 2.45) is 0 Å². The maximum absolute atomic E-state index is 12.4. The van der Waals surface area contributed by atoms with E-state index < -0.39 is 51.3 Å². The molecular formula is C43H67O10P. The van der Waals surface area contributed by atoms with Crippen molar-refractivity contribution < 1.29 is 48.2 Å². The molecule has 0 saturated carbocycles. The van der Waals surface area contributed by atoms with E-state index >= 15 is 0 Å². The van der Waals surface area contributed by atoms with Gasteiger partial charge in [0.05, 0.1) is 18.8 Å². The molecule has 0 fully saturated rings. The van der Waals surface area contributed by atoms with Crippen molar-refractivity contribution in [2.75, 3.05) is 13.2 Å². The highest BCUT2D eigenvalue weighted by atomic mass is 31.2. The summed E-state index contributed by atoms with van der Waals surface area (Å²) >= 11 is 0. The molecule has 11 heteroatoms. The van der Waals surface area contributed by atoms with Crippen molar-refractivity contribution in [3.05, 3.63) is 109 Å². The molecule has 0 bridgehead atoms. The molecule has 0 heterocycles. The maximum Gasteiger partial charge on any atom is 0.469 e. The van der Waals surface area contributed by atoms with E-state index in [9.17, 15) is 24.4 Å². The van der Waals surface area contributed by atoms with E-state index in [4.69, 9.17) is 19.3 Å². The molecular weight excluding hydrogens is 707 g/mol. The van der Waals surface area contributed by atoms with Crippen molar-refractivity contribution in [2.45, 2.75) is 135 Å². The lowest BCUT2D eigenvalue weighted by Gasteiger charge is -2.19. The molecule has 10 nitrogen and oxygen atoms in total. The molecule has 54 heavy (non-hydrogen) atoms. The predicted molar refractivity (Wildman–Crippen MR) is 218 cm³/mol. The number of aliphatic hydroxyl groups is 2. The van der Waals surface area contributed by atoms with Gasteiger partial charge in [-0.25, -0.2) is 4.57 Å². The molecule has 0 aromatic rings.